The summed E-state index contributed by atoms with van der Waals surface area (Å²) in [7, 11) is 0. The number of anilines is 1. The summed E-state index contributed by atoms with van der Waals surface area (Å²) in [6, 6.07) is 10.5. The van der Waals surface area contributed by atoms with Crippen molar-refractivity contribution in [3.8, 4) is 0 Å². The van der Waals surface area contributed by atoms with Gasteiger partial charge in [0.05, 0.1) is 23.4 Å². The first-order valence-corrected chi connectivity index (χ1v) is 7.65. The number of hydrogen-bond acceptors (Lipinski definition) is 3. The molecular weight excluding hydrogens is 248 g/mol. The molecule has 1 aliphatic heterocycles. The molecule has 3 rings (SSSR count). The molecular formula is C17H22N2O. The van der Waals surface area contributed by atoms with Crippen LogP contribution in [0.15, 0.2) is 35.4 Å². The molecule has 0 amide bonds. The van der Waals surface area contributed by atoms with Crippen molar-refractivity contribution in [3.05, 3.63) is 30.3 Å². The van der Waals surface area contributed by atoms with Gasteiger partial charge in [0.25, 0.3) is 0 Å². The summed E-state index contributed by atoms with van der Waals surface area (Å²) in [6.45, 7) is 4.33. The Morgan fingerprint density at radius 3 is 2.75 bits per heavy atom. The third kappa shape index (κ3) is 2.26. The lowest BCUT2D eigenvalue weighted by atomic mass is 9.75. The molecule has 1 fully saturated rings. The van der Waals surface area contributed by atoms with Crippen molar-refractivity contribution >= 4 is 17.2 Å². The predicted octanol–water partition coefficient (Wildman–Crippen LogP) is 3.65. The highest BCUT2D eigenvalue weighted by molar-refractivity contribution is 6.08. The Morgan fingerprint density at radius 1 is 1.30 bits per heavy atom. The minimum absolute atomic E-state index is 0.0337. The molecule has 106 valence electrons. The van der Waals surface area contributed by atoms with Gasteiger partial charge in [0.15, 0.2) is 0 Å². The van der Waals surface area contributed by atoms with Crippen LogP contribution in [0.2, 0.25) is 0 Å². The number of fused-ring (bicyclic) bond motifs is 1. The molecule has 0 saturated heterocycles. The lowest BCUT2D eigenvalue weighted by Gasteiger charge is -2.33. The van der Waals surface area contributed by atoms with E-state index in [1.165, 1.54) is 0 Å². The molecule has 3 heteroatoms. The van der Waals surface area contributed by atoms with Crippen LogP contribution in [0.25, 0.3) is 0 Å². The second-order valence-electron chi connectivity index (χ2n) is 6.08. The summed E-state index contributed by atoms with van der Waals surface area (Å²) < 4.78 is 0. The van der Waals surface area contributed by atoms with E-state index in [9.17, 15) is 4.79 Å². The van der Waals surface area contributed by atoms with E-state index < -0.39 is 0 Å². The smallest absolute Gasteiger partial charge is 0.144 e. The number of hydrazone groups is 1. The standard InChI is InChI=1S/C17H22N2O/c1-3-7-14-17-15(10-12(2)11-16(17)20)19(18-14)13-8-5-4-6-9-13/h4-6,8-9,12,15,17H,3,7,10-11H2,1-2H3. The van der Waals surface area contributed by atoms with Crippen molar-refractivity contribution in [1.29, 1.82) is 0 Å². The molecule has 1 aliphatic carbocycles. The topological polar surface area (TPSA) is 32.7 Å². The van der Waals surface area contributed by atoms with E-state index >= 15 is 0 Å². The van der Waals surface area contributed by atoms with Crippen molar-refractivity contribution in [1.82, 2.24) is 0 Å². The number of Topliss-reactive ketones (excluding diaryl/α,β-unsaturated/α-hetero) is 1. The molecule has 0 radical (unpaired) electrons. The van der Waals surface area contributed by atoms with E-state index in [0.717, 1.165) is 30.7 Å². The minimum atomic E-state index is 0.0337. The van der Waals surface area contributed by atoms with Gasteiger partial charge in [-0.1, -0.05) is 38.5 Å². The highest BCUT2D eigenvalue weighted by Gasteiger charge is 2.45. The van der Waals surface area contributed by atoms with Crippen LogP contribution in [0.3, 0.4) is 0 Å². The SMILES string of the molecule is CCCC1=NN(c2ccccc2)C2CC(C)CC(=O)C12. The lowest BCUT2D eigenvalue weighted by Crippen LogP contribution is -2.43. The second-order valence-corrected chi connectivity index (χ2v) is 6.08. The Kier molecular flexibility index (Phi) is 3.60. The zero-order chi connectivity index (χ0) is 14.1. The van der Waals surface area contributed by atoms with Crippen LogP contribution in [-0.2, 0) is 4.79 Å². The molecule has 0 spiro atoms. The normalized spacial score (nSPS) is 29.3. The molecule has 0 N–H and O–H groups in total. The fourth-order valence-electron chi connectivity index (χ4n) is 3.53. The maximum Gasteiger partial charge on any atom is 0.144 e. The Hall–Kier alpha value is -1.64. The third-order valence-corrected chi connectivity index (χ3v) is 4.36. The van der Waals surface area contributed by atoms with Gasteiger partial charge in [-0.25, -0.2) is 0 Å². The van der Waals surface area contributed by atoms with Crippen molar-refractivity contribution in [3.63, 3.8) is 0 Å². The van der Waals surface area contributed by atoms with E-state index in [0.29, 0.717) is 18.1 Å². The average Bonchev–Trinajstić information content (AvgIpc) is 2.79. The maximum atomic E-state index is 12.4. The first-order valence-electron chi connectivity index (χ1n) is 7.65. The van der Waals surface area contributed by atoms with E-state index in [1.807, 2.05) is 18.2 Å². The number of ketones is 1. The number of carbonyl (C=O) groups excluding carboxylic acids is 1. The molecule has 3 unspecified atom stereocenters. The van der Waals surface area contributed by atoms with Gasteiger partial charge in [-0.15, -0.1) is 0 Å². The third-order valence-electron chi connectivity index (χ3n) is 4.36. The fourth-order valence-corrected chi connectivity index (χ4v) is 3.53. The molecule has 3 nitrogen and oxygen atoms in total. The molecule has 3 atom stereocenters. The van der Waals surface area contributed by atoms with Gasteiger partial charge < -0.3 is 0 Å². The highest BCUT2D eigenvalue weighted by Crippen LogP contribution is 2.38. The largest absolute Gasteiger partial charge is 0.299 e. The number of benzene rings is 1. The molecule has 0 bridgehead atoms. The Balaban J connectivity index is 1.95. The molecule has 2 aliphatic rings. The lowest BCUT2D eigenvalue weighted by molar-refractivity contribution is -0.123. The van der Waals surface area contributed by atoms with Gasteiger partial charge in [0.2, 0.25) is 0 Å². The van der Waals surface area contributed by atoms with E-state index in [1.54, 1.807) is 0 Å². The average molecular weight is 270 g/mol. The van der Waals surface area contributed by atoms with E-state index in [4.69, 9.17) is 5.10 Å². The Morgan fingerprint density at radius 2 is 2.05 bits per heavy atom. The summed E-state index contributed by atoms with van der Waals surface area (Å²) in [5, 5.41) is 6.91. The summed E-state index contributed by atoms with van der Waals surface area (Å²) in [6.07, 6.45) is 3.76. The monoisotopic (exact) mass is 270 g/mol. The molecule has 1 aromatic rings. The van der Waals surface area contributed by atoms with Crippen LogP contribution >= 0.6 is 0 Å². The first kappa shape index (κ1) is 13.3. The van der Waals surface area contributed by atoms with Crippen molar-refractivity contribution in [2.24, 2.45) is 16.9 Å². The zero-order valence-electron chi connectivity index (χ0n) is 12.2. The summed E-state index contributed by atoms with van der Waals surface area (Å²) >= 11 is 0. The van der Waals surface area contributed by atoms with Crippen LogP contribution in [0, 0.1) is 11.8 Å². The van der Waals surface area contributed by atoms with Crippen LogP contribution in [0.1, 0.15) is 39.5 Å². The van der Waals surface area contributed by atoms with Gasteiger partial charge in [-0.2, -0.15) is 5.10 Å². The van der Waals surface area contributed by atoms with Gasteiger partial charge >= 0.3 is 0 Å². The van der Waals surface area contributed by atoms with Gasteiger partial charge in [0, 0.05) is 6.42 Å². The Labute approximate surface area is 120 Å². The van der Waals surface area contributed by atoms with Gasteiger partial charge in [0.1, 0.15) is 5.78 Å². The van der Waals surface area contributed by atoms with Crippen LogP contribution in [0.5, 0.6) is 0 Å². The second kappa shape index (κ2) is 5.39. The van der Waals surface area contributed by atoms with Crippen molar-refractivity contribution in [2.45, 2.75) is 45.6 Å². The number of carbonyl (C=O) groups is 1. The van der Waals surface area contributed by atoms with Crippen molar-refractivity contribution in [2.75, 3.05) is 5.01 Å². The van der Waals surface area contributed by atoms with Crippen LogP contribution in [-0.4, -0.2) is 17.5 Å². The number of para-hydroxylation sites is 1. The molecule has 1 aromatic carbocycles. The fraction of sp³-hybridized carbons (Fsp3) is 0.529. The highest BCUT2D eigenvalue weighted by atomic mass is 16.1. The van der Waals surface area contributed by atoms with E-state index in [-0.39, 0.29) is 12.0 Å². The number of rotatable bonds is 3. The number of nitrogens with zero attached hydrogens (tertiary/aromatic N) is 2. The first-order chi connectivity index (χ1) is 9.70. The predicted molar refractivity (Wildman–Crippen MR) is 81.9 cm³/mol. The molecule has 0 aromatic heterocycles. The molecule has 20 heavy (non-hydrogen) atoms. The van der Waals surface area contributed by atoms with Crippen LogP contribution in [0.4, 0.5) is 5.69 Å². The van der Waals surface area contributed by atoms with Crippen LogP contribution < -0.4 is 5.01 Å². The number of hydrogen-bond donors (Lipinski definition) is 0. The minimum Gasteiger partial charge on any atom is -0.299 e. The molecule has 1 heterocycles. The van der Waals surface area contributed by atoms with Gasteiger partial charge in [-0.3, -0.25) is 9.80 Å². The summed E-state index contributed by atoms with van der Waals surface area (Å²) in [5.74, 6) is 0.886. The zero-order valence-corrected chi connectivity index (χ0v) is 12.2. The molecule has 1 saturated carbocycles. The Bertz CT molecular complexity index is 523. The van der Waals surface area contributed by atoms with Crippen molar-refractivity contribution < 1.29 is 4.79 Å². The van der Waals surface area contributed by atoms with E-state index in [2.05, 4.69) is 31.0 Å². The maximum absolute atomic E-state index is 12.4. The summed E-state index contributed by atoms with van der Waals surface area (Å²) in [4.78, 5) is 12.4. The summed E-state index contributed by atoms with van der Waals surface area (Å²) in [5.41, 5.74) is 2.20. The van der Waals surface area contributed by atoms with Gasteiger partial charge in [-0.05, 0) is 30.9 Å². The quantitative estimate of drug-likeness (QED) is 0.840.